The number of piperidine rings is 1. The molecule has 1 saturated heterocycles. The highest BCUT2D eigenvalue weighted by Gasteiger charge is 2.42. The van der Waals surface area contributed by atoms with Crippen LogP contribution in [0.15, 0.2) is 48.7 Å². The molecule has 2 aromatic carbocycles. The van der Waals surface area contributed by atoms with E-state index in [1.54, 1.807) is 36.9 Å². The molecule has 3 aromatic rings. The molecule has 1 aromatic heterocycles. The summed E-state index contributed by atoms with van der Waals surface area (Å²) < 4.78 is 0. The van der Waals surface area contributed by atoms with Gasteiger partial charge >= 0.3 is 0 Å². The number of hydrogen-bond donors (Lipinski definition) is 5. The monoisotopic (exact) mass is 522 g/mol. The molecule has 1 spiro atoms. The van der Waals surface area contributed by atoms with E-state index in [0.29, 0.717) is 42.9 Å². The quantitative estimate of drug-likeness (QED) is 0.351. The van der Waals surface area contributed by atoms with Crippen molar-refractivity contribution in [2.45, 2.75) is 50.4 Å². The second-order valence-electron chi connectivity index (χ2n) is 10.5. The first-order valence-corrected chi connectivity index (χ1v) is 12.8. The standard InChI is InChI=1S/C27H31ClN6O3/c1-26(2,29)25(37)31-22(13-16-15-30-20-6-4-3-5-18(16)20)24(36)34-11-9-27(10-12-34)32-21-8-7-17(28)14-19(21)23(35)33-27/h3-8,14-15,22,30,32H,9-13,29H2,1-2H3,(H,31,37)(H,33,35)/t22-/m1/s1. The smallest absolute Gasteiger partial charge is 0.255 e. The number of halogens is 1. The molecule has 2 aliphatic rings. The van der Waals surface area contributed by atoms with Gasteiger partial charge in [-0.05, 0) is 43.7 Å². The number of anilines is 1. The summed E-state index contributed by atoms with van der Waals surface area (Å²) in [6, 6.07) is 12.3. The predicted molar refractivity (Wildman–Crippen MR) is 143 cm³/mol. The van der Waals surface area contributed by atoms with E-state index in [2.05, 4.69) is 20.9 Å². The van der Waals surface area contributed by atoms with Gasteiger partial charge in [-0.3, -0.25) is 14.4 Å². The average molecular weight is 523 g/mol. The van der Waals surface area contributed by atoms with Crippen LogP contribution in [0.25, 0.3) is 10.9 Å². The lowest BCUT2D eigenvalue weighted by molar-refractivity contribution is -0.138. The lowest BCUT2D eigenvalue weighted by Crippen LogP contribution is -2.64. The Kier molecular flexibility index (Phi) is 6.37. The molecular formula is C27H31ClN6O3. The number of amides is 3. The Labute approximate surface area is 220 Å². The number of H-pyrrole nitrogens is 1. The average Bonchev–Trinajstić information content (AvgIpc) is 3.26. The molecule has 5 rings (SSSR count). The van der Waals surface area contributed by atoms with Gasteiger partial charge in [0, 0.05) is 60.2 Å². The molecule has 10 heteroatoms. The fraction of sp³-hybridized carbons (Fsp3) is 0.370. The summed E-state index contributed by atoms with van der Waals surface area (Å²) in [5.41, 5.74) is 7.38. The lowest BCUT2D eigenvalue weighted by Gasteiger charge is -2.46. The van der Waals surface area contributed by atoms with E-state index in [0.717, 1.165) is 22.2 Å². The second-order valence-corrected chi connectivity index (χ2v) is 10.9. The Balaban J connectivity index is 1.33. The fourth-order valence-corrected chi connectivity index (χ4v) is 5.20. The van der Waals surface area contributed by atoms with E-state index in [4.69, 9.17) is 17.3 Å². The maximum atomic E-state index is 13.7. The molecule has 0 unspecified atom stereocenters. The van der Waals surface area contributed by atoms with Gasteiger partial charge in [-0.2, -0.15) is 0 Å². The summed E-state index contributed by atoms with van der Waals surface area (Å²) in [4.78, 5) is 44.3. The number of carbonyl (C=O) groups excluding carboxylic acids is 3. The third-order valence-corrected chi connectivity index (χ3v) is 7.40. The van der Waals surface area contributed by atoms with Gasteiger partial charge in [0.05, 0.1) is 11.1 Å². The summed E-state index contributed by atoms with van der Waals surface area (Å²) in [6.45, 7) is 4.06. The third kappa shape index (κ3) is 5.01. The van der Waals surface area contributed by atoms with Gasteiger partial charge in [0.2, 0.25) is 11.8 Å². The van der Waals surface area contributed by atoms with Crippen LogP contribution in [-0.2, 0) is 16.0 Å². The summed E-state index contributed by atoms with van der Waals surface area (Å²) in [5.74, 6) is -0.756. The molecule has 9 nitrogen and oxygen atoms in total. The SMILES string of the molecule is CC(C)(N)C(=O)N[C@H](Cc1c[nH]c2ccccc12)C(=O)N1CCC2(CC1)NC(=O)c1cc(Cl)ccc1N2. The van der Waals surface area contributed by atoms with E-state index in [-0.39, 0.29) is 11.8 Å². The Morgan fingerprint density at radius 2 is 1.89 bits per heavy atom. The Bertz CT molecular complexity index is 1370. The number of nitrogens with zero attached hydrogens (tertiary/aromatic N) is 1. The lowest BCUT2D eigenvalue weighted by atomic mass is 9.91. The molecule has 194 valence electrons. The maximum Gasteiger partial charge on any atom is 0.255 e. The van der Waals surface area contributed by atoms with Crippen molar-refractivity contribution in [1.29, 1.82) is 0 Å². The van der Waals surface area contributed by atoms with Crippen LogP contribution < -0.4 is 21.7 Å². The fourth-order valence-electron chi connectivity index (χ4n) is 5.03. The maximum absolute atomic E-state index is 13.7. The number of fused-ring (bicyclic) bond motifs is 2. The van der Waals surface area contributed by atoms with Crippen LogP contribution in [0.2, 0.25) is 5.02 Å². The topological polar surface area (TPSA) is 132 Å². The number of nitrogens with two attached hydrogens (primary N) is 1. The number of carbonyl (C=O) groups is 3. The molecule has 3 heterocycles. The van der Waals surface area contributed by atoms with Crippen molar-refractivity contribution in [2.75, 3.05) is 18.4 Å². The van der Waals surface area contributed by atoms with E-state index in [9.17, 15) is 14.4 Å². The van der Waals surface area contributed by atoms with Crippen molar-refractivity contribution >= 4 is 45.9 Å². The van der Waals surface area contributed by atoms with Crippen molar-refractivity contribution in [1.82, 2.24) is 20.5 Å². The third-order valence-electron chi connectivity index (χ3n) is 7.17. The van der Waals surface area contributed by atoms with Crippen LogP contribution in [0.1, 0.15) is 42.6 Å². The second kappa shape index (κ2) is 9.39. The van der Waals surface area contributed by atoms with Gasteiger partial charge in [0.1, 0.15) is 11.7 Å². The molecule has 3 amide bonds. The molecule has 6 N–H and O–H groups in total. The van der Waals surface area contributed by atoms with Gasteiger partial charge < -0.3 is 31.6 Å². The Hall–Kier alpha value is -3.56. The Morgan fingerprint density at radius 3 is 2.62 bits per heavy atom. The van der Waals surface area contributed by atoms with Crippen molar-refractivity contribution in [2.24, 2.45) is 5.73 Å². The Morgan fingerprint density at radius 1 is 1.16 bits per heavy atom. The molecule has 1 atom stereocenters. The van der Waals surface area contributed by atoms with Crippen molar-refractivity contribution < 1.29 is 14.4 Å². The van der Waals surface area contributed by atoms with Gasteiger partial charge in [-0.15, -0.1) is 0 Å². The van der Waals surface area contributed by atoms with Crippen LogP contribution in [0.4, 0.5) is 5.69 Å². The van der Waals surface area contributed by atoms with Gasteiger partial charge in [-0.25, -0.2) is 0 Å². The van der Waals surface area contributed by atoms with Crippen molar-refractivity contribution in [3.05, 3.63) is 64.8 Å². The van der Waals surface area contributed by atoms with E-state index in [1.165, 1.54) is 0 Å². The van der Waals surface area contributed by atoms with Crippen LogP contribution in [0.5, 0.6) is 0 Å². The molecule has 0 saturated carbocycles. The molecule has 0 radical (unpaired) electrons. The number of aromatic nitrogens is 1. The van der Waals surface area contributed by atoms with Gasteiger partial charge in [0.25, 0.3) is 5.91 Å². The highest BCUT2D eigenvalue weighted by atomic mass is 35.5. The zero-order valence-electron chi connectivity index (χ0n) is 20.9. The van der Waals surface area contributed by atoms with Gasteiger partial charge in [0.15, 0.2) is 0 Å². The zero-order valence-corrected chi connectivity index (χ0v) is 21.6. The number of rotatable bonds is 5. The molecule has 2 aliphatic heterocycles. The predicted octanol–water partition coefficient (Wildman–Crippen LogP) is 2.76. The van der Waals surface area contributed by atoms with Gasteiger partial charge in [-0.1, -0.05) is 29.8 Å². The summed E-state index contributed by atoms with van der Waals surface area (Å²) >= 11 is 6.06. The number of aromatic amines is 1. The number of nitrogens with one attached hydrogen (secondary N) is 4. The van der Waals surface area contributed by atoms with E-state index >= 15 is 0 Å². The van der Waals surface area contributed by atoms with Crippen molar-refractivity contribution in [3.8, 4) is 0 Å². The summed E-state index contributed by atoms with van der Waals surface area (Å²) in [6.07, 6.45) is 3.24. The minimum atomic E-state index is -1.13. The first kappa shape index (κ1) is 25.1. The molecule has 0 aliphatic carbocycles. The van der Waals surface area contributed by atoms with Crippen molar-refractivity contribution in [3.63, 3.8) is 0 Å². The first-order chi connectivity index (χ1) is 17.5. The van der Waals surface area contributed by atoms with Crippen LogP contribution in [0.3, 0.4) is 0 Å². The number of likely N-dealkylation sites (tertiary alicyclic amines) is 1. The van der Waals surface area contributed by atoms with E-state index in [1.807, 2.05) is 30.5 Å². The van der Waals surface area contributed by atoms with Crippen LogP contribution in [-0.4, -0.2) is 57.9 Å². The first-order valence-electron chi connectivity index (χ1n) is 12.4. The van der Waals surface area contributed by atoms with Crippen LogP contribution >= 0.6 is 11.6 Å². The molecule has 0 bridgehead atoms. The zero-order chi connectivity index (χ0) is 26.4. The molecule has 1 fully saturated rings. The highest BCUT2D eigenvalue weighted by molar-refractivity contribution is 6.31. The summed E-state index contributed by atoms with van der Waals surface area (Å²) in [7, 11) is 0. The summed E-state index contributed by atoms with van der Waals surface area (Å²) in [5, 5.41) is 10.9. The number of hydrogen-bond acceptors (Lipinski definition) is 5. The van der Waals surface area contributed by atoms with E-state index < -0.39 is 23.2 Å². The highest BCUT2D eigenvalue weighted by Crippen LogP contribution is 2.33. The minimum absolute atomic E-state index is 0.174. The molecule has 37 heavy (non-hydrogen) atoms. The minimum Gasteiger partial charge on any atom is -0.362 e. The largest absolute Gasteiger partial charge is 0.362 e. The number of para-hydroxylation sites is 1. The van der Waals surface area contributed by atoms with Crippen LogP contribution in [0, 0.1) is 0 Å². The normalized spacial score (nSPS) is 17.6. The molecular weight excluding hydrogens is 492 g/mol. The number of benzene rings is 2.